The highest BCUT2D eigenvalue weighted by Crippen LogP contribution is 2.34. The molecule has 3 nitrogen and oxygen atoms in total. The topological polar surface area (TPSA) is 41.1 Å². The van der Waals surface area contributed by atoms with Gasteiger partial charge in [0.05, 0.1) is 11.6 Å². The largest absolute Gasteiger partial charge is 0.323 e. The van der Waals surface area contributed by atoms with Gasteiger partial charge in [-0.2, -0.15) is 0 Å². The quantitative estimate of drug-likeness (QED) is 0.845. The maximum Gasteiger partial charge on any atom is 0.229 e. The van der Waals surface area contributed by atoms with Crippen LogP contribution in [-0.4, -0.2) is 18.0 Å². The number of halogens is 2. The third-order valence-electron chi connectivity index (χ3n) is 3.83. The van der Waals surface area contributed by atoms with Gasteiger partial charge in [0.1, 0.15) is 11.6 Å². The first-order valence-corrected chi connectivity index (χ1v) is 6.15. The van der Waals surface area contributed by atoms with Gasteiger partial charge in [0.25, 0.3) is 0 Å². The average Bonchev–Trinajstić information content (AvgIpc) is 2.94. The van der Waals surface area contributed by atoms with Crippen LogP contribution >= 0.6 is 0 Å². The molecule has 0 aromatic heterocycles. The molecule has 1 aromatic carbocycles. The third-order valence-corrected chi connectivity index (χ3v) is 3.83. The van der Waals surface area contributed by atoms with E-state index in [1.165, 1.54) is 6.07 Å². The fourth-order valence-electron chi connectivity index (χ4n) is 2.93. The van der Waals surface area contributed by atoms with E-state index in [9.17, 15) is 13.6 Å². The Morgan fingerprint density at radius 2 is 2.17 bits per heavy atom. The van der Waals surface area contributed by atoms with E-state index in [1.54, 1.807) is 0 Å². The molecule has 0 saturated carbocycles. The lowest BCUT2D eigenvalue weighted by Crippen LogP contribution is -2.33. The number of amides is 1. The lowest BCUT2D eigenvalue weighted by Gasteiger charge is -2.19. The van der Waals surface area contributed by atoms with Crippen LogP contribution in [0.5, 0.6) is 0 Å². The number of fused-ring (bicyclic) bond motifs is 2. The molecule has 2 fully saturated rings. The minimum absolute atomic E-state index is 0.0455. The summed E-state index contributed by atoms with van der Waals surface area (Å²) in [5.74, 6) is -1.67. The van der Waals surface area contributed by atoms with Crippen molar-refractivity contribution >= 4 is 11.6 Å². The molecule has 5 heteroatoms. The van der Waals surface area contributed by atoms with Crippen LogP contribution in [0.25, 0.3) is 0 Å². The molecule has 1 amide bonds. The minimum atomic E-state index is -0.737. The molecule has 3 rings (SSSR count). The minimum Gasteiger partial charge on any atom is -0.323 e. The van der Waals surface area contributed by atoms with E-state index in [2.05, 4.69) is 10.6 Å². The Hall–Kier alpha value is -1.49. The van der Waals surface area contributed by atoms with Crippen LogP contribution in [-0.2, 0) is 4.79 Å². The van der Waals surface area contributed by atoms with Crippen LogP contribution in [0.4, 0.5) is 14.5 Å². The monoisotopic (exact) mass is 252 g/mol. The van der Waals surface area contributed by atoms with Gasteiger partial charge in [-0.25, -0.2) is 8.78 Å². The van der Waals surface area contributed by atoms with E-state index < -0.39 is 11.6 Å². The zero-order valence-corrected chi connectivity index (χ0v) is 9.75. The van der Waals surface area contributed by atoms with Crippen LogP contribution in [0, 0.1) is 17.6 Å². The van der Waals surface area contributed by atoms with Crippen molar-refractivity contribution in [3.05, 3.63) is 29.8 Å². The number of anilines is 1. The summed E-state index contributed by atoms with van der Waals surface area (Å²) in [5, 5.41) is 5.90. The number of carbonyl (C=O) groups is 1. The third kappa shape index (κ3) is 1.99. The second-order valence-corrected chi connectivity index (χ2v) is 5.00. The molecule has 2 N–H and O–H groups in total. The molecular weight excluding hydrogens is 238 g/mol. The lowest BCUT2D eigenvalue weighted by atomic mass is 9.88. The molecule has 0 spiro atoms. The fraction of sp³-hybridized carbons (Fsp3) is 0.462. The zero-order valence-electron chi connectivity index (χ0n) is 9.75. The van der Waals surface area contributed by atoms with E-state index in [4.69, 9.17) is 0 Å². The van der Waals surface area contributed by atoms with Gasteiger partial charge in [0, 0.05) is 18.2 Å². The first-order valence-electron chi connectivity index (χ1n) is 6.15. The predicted octanol–water partition coefficient (Wildman–Crippen LogP) is 2.04. The summed E-state index contributed by atoms with van der Waals surface area (Å²) in [6.07, 6.45) is 2.91. The van der Waals surface area contributed by atoms with E-state index in [0.29, 0.717) is 6.04 Å². The van der Waals surface area contributed by atoms with Gasteiger partial charge in [-0.15, -0.1) is 0 Å². The van der Waals surface area contributed by atoms with Crippen LogP contribution in [0.1, 0.15) is 19.3 Å². The highest BCUT2D eigenvalue weighted by molar-refractivity contribution is 5.93. The summed E-state index contributed by atoms with van der Waals surface area (Å²) < 4.78 is 26.2. The highest BCUT2D eigenvalue weighted by Gasteiger charge is 2.42. The number of benzene rings is 1. The molecule has 2 saturated heterocycles. The fourth-order valence-corrected chi connectivity index (χ4v) is 2.93. The average molecular weight is 252 g/mol. The van der Waals surface area contributed by atoms with Crippen molar-refractivity contribution in [2.75, 3.05) is 5.32 Å². The number of rotatable bonds is 2. The van der Waals surface area contributed by atoms with Gasteiger partial charge < -0.3 is 10.6 Å². The van der Waals surface area contributed by atoms with Crippen molar-refractivity contribution in [2.45, 2.75) is 31.3 Å². The van der Waals surface area contributed by atoms with Crippen LogP contribution in [0.2, 0.25) is 0 Å². The molecule has 3 unspecified atom stereocenters. The van der Waals surface area contributed by atoms with E-state index >= 15 is 0 Å². The normalized spacial score (nSPS) is 29.6. The molecule has 18 heavy (non-hydrogen) atoms. The maximum absolute atomic E-state index is 13.4. The van der Waals surface area contributed by atoms with Crippen molar-refractivity contribution in [1.82, 2.24) is 5.32 Å². The Morgan fingerprint density at radius 1 is 1.33 bits per heavy atom. The Balaban J connectivity index is 1.71. The van der Waals surface area contributed by atoms with E-state index in [0.717, 1.165) is 31.4 Å². The van der Waals surface area contributed by atoms with Crippen molar-refractivity contribution in [3.8, 4) is 0 Å². The predicted molar refractivity (Wildman–Crippen MR) is 63.0 cm³/mol. The molecule has 96 valence electrons. The van der Waals surface area contributed by atoms with Crippen molar-refractivity contribution < 1.29 is 13.6 Å². The molecular formula is C13H14F2N2O. The van der Waals surface area contributed by atoms with Crippen LogP contribution in [0.15, 0.2) is 18.2 Å². The Kier molecular flexibility index (Phi) is 2.78. The van der Waals surface area contributed by atoms with E-state index in [1.807, 2.05) is 0 Å². The molecule has 2 aliphatic rings. The number of nitrogens with one attached hydrogen (secondary N) is 2. The number of carbonyl (C=O) groups excluding carboxylic acids is 1. The number of hydrogen-bond donors (Lipinski definition) is 2. The summed E-state index contributed by atoms with van der Waals surface area (Å²) in [6.45, 7) is 0. The lowest BCUT2D eigenvalue weighted by molar-refractivity contribution is -0.120. The maximum atomic E-state index is 13.4. The molecule has 2 aliphatic heterocycles. The van der Waals surface area contributed by atoms with E-state index in [-0.39, 0.29) is 23.6 Å². The SMILES string of the molecule is O=C(Nc1ccc(F)cc1F)C1CC2CCC1N2. The van der Waals surface area contributed by atoms with Gasteiger partial charge in [0.15, 0.2) is 0 Å². The van der Waals surface area contributed by atoms with Gasteiger partial charge in [-0.05, 0) is 31.4 Å². The Morgan fingerprint density at radius 3 is 2.78 bits per heavy atom. The summed E-state index contributed by atoms with van der Waals surface area (Å²) in [7, 11) is 0. The van der Waals surface area contributed by atoms with Crippen molar-refractivity contribution in [3.63, 3.8) is 0 Å². The van der Waals surface area contributed by atoms with Gasteiger partial charge in [-0.3, -0.25) is 4.79 Å². The molecule has 2 heterocycles. The molecule has 1 aromatic rings. The van der Waals surface area contributed by atoms with Gasteiger partial charge in [0.2, 0.25) is 5.91 Å². The zero-order chi connectivity index (χ0) is 12.7. The summed E-state index contributed by atoms with van der Waals surface area (Å²) in [6, 6.07) is 3.79. The van der Waals surface area contributed by atoms with Crippen LogP contribution in [0.3, 0.4) is 0 Å². The summed E-state index contributed by atoms with van der Waals surface area (Å²) >= 11 is 0. The first kappa shape index (κ1) is 11.6. The standard InChI is InChI=1S/C13H14F2N2O/c14-7-1-3-12(10(15)5-7)17-13(18)9-6-8-2-4-11(9)16-8/h1,3,5,8-9,11,16H,2,4,6H2,(H,17,18). The second-order valence-electron chi connectivity index (χ2n) is 5.00. The highest BCUT2D eigenvalue weighted by atomic mass is 19.1. The Bertz CT molecular complexity index is 492. The van der Waals surface area contributed by atoms with Gasteiger partial charge >= 0.3 is 0 Å². The second kappa shape index (κ2) is 4.31. The van der Waals surface area contributed by atoms with Crippen molar-refractivity contribution in [1.29, 1.82) is 0 Å². The first-order chi connectivity index (χ1) is 8.63. The van der Waals surface area contributed by atoms with Crippen molar-refractivity contribution in [2.24, 2.45) is 5.92 Å². The van der Waals surface area contributed by atoms with Gasteiger partial charge in [-0.1, -0.05) is 0 Å². The summed E-state index contributed by atoms with van der Waals surface area (Å²) in [5.41, 5.74) is 0.0455. The molecule has 2 bridgehead atoms. The number of hydrogen-bond acceptors (Lipinski definition) is 2. The smallest absolute Gasteiger partial charge is 0.229 e. The molecule has 0 radical (unpaired) electrons. The summed E-state index contributed by atoms with van der Waals surface area (Å²) in [4.78, 5) is 12.0. The molecule has 3 atom stereocenters. The Labute approximate surface area is 104 Å². The van der Waals surface area contributed by atoms with Crippen LogP contribution < -0.4 is 10.6 Å². The molecule has 0 aliphatic carbocycles.